The Bertz CT molecular complexity index is 1260. The molecule has 8 nitrogen and oxygen atoms in total. The Labute approximate surface area is 182 Å². The molecule has 2 N–H and O–H groups in total. The van der Waals surface area contributed by atoms with Crippen LogP contribution in [0.3, 0.4) is 0 Å². The summed E-state index contributed by atoms with van der Waals surface area (Å²) in [6.45, 7) is 0. The number of carbonyl (C=O) groups is 2. The van der Waals surface area contributed by atoms with E-state index in [9.17, 15) is 22.8 Å². The second-order valence-electron chi connectivity index (χ2n) is 6.25. The summed E-state index contributed by atoms with van der Waals surface area (Å²) >= 11 is 1.08. The van der Waals surface area contributed by atoms with Crippen molar-refractivity contribution in [2.24, 2.45) is 0 Å². The highest BCUT2D eigenvalue weighted by Gasteiger charge is 2.34. The first-order chi connectivity index (χ1) is 15.3. The first-order valence-electron chi connectivity index (χ1n) is 8.91. The number of carbonyl (C=O) groups excluding carboxylic acids is 2. The number of alkyl halides is 3. The van der Waals surface area contributed by atoms with Gasteiger partial charge < -0.3 is 15.1 Å². The largest absolute Gasteiger partial charge is 0.459 e. The second-order valence-corrected chi connectivity index (χ2v) is 7.11. The fourth-order valence-electron chi connectivity index (χ4n) is 2.64. The van der Waals surface area contributed by atoms with Crippen molar-refractivity contribution in [1.82, 2.24) is 15.0 Å². The van der Waals surface area contributed by atoms with Gasteiger partial charge in [-0.15, -0.1) is 11.3 Å². The molecule has 4 aromatic rings. The number of furan rings is 1. The minimum atomic E-state index is -4.79. The van der Waals surface area contributed by atoms with Crippen molar-refractivity contribution in [1.29, 1.82) is 0 Å². The molecule has 162 valence electrons. The minimum absolute atomic E-state index is 0.0577. The van der Waals surface area contributed by atoms with E-state index < -0.39 is 29.2 Å². The topological polar surface area (TPSA) is 110 Å². The van der Waals surface area contributed by atoms with Gasteiger partial charge in [0.25, 0.3) is 11.8 Å². The van der Waals surface area contributed by atoms with Crippen LogP contribution in [0.25, 0.3) is 10.8 Å². The Hall–Kier alpha value is -4.06. The molecule has 0 fully saturated rings. The zero-order chi connectivity index (χ0) is 22.7. The lowest BCUT2D eigenvalue weighted by Gasteiger charge is -2.15. The van der Waals surface area contributed by atoms with Crippen LogP contribution in [-0.2, 0) is 6.18 Å². The van der Waals surface area contributed by atoms with E-state index in [1.54, 1.807) is 6.07 Å². The van der Waals surface area contributed by atoms with Crippen LogP contribution in [0.1, 0.15) is 26.6 Å². The maximum atomic E-state index is 13.6. The molecule has 3 aromatic heterocycles. The maximum Gasteiger partial charge on any atom is 0.418 e. The predicted molar refractivity (Wildman–Crippen MR) is 109 cm³/mol. The number of aromatic nitrogens is 3. The molecule has 0 aliphatic carbocycles. The van der Waals surface area contributed by atoms with E-state index in [1.807, 2.05) is 0 Å². The van der Waals surface area contributed by atoms with Crippen LogP contribution in [-0.4, -0.2) is 26.8 Å². The summed E-state index contributed by atoms with van der Waals surface area (Å²) in [7, 11) is 0. The van der Waals surface area contributed by atoms with E-state index in [4.69, 9.17) is 4.42 Å². The molecule has 3 heterocycles. The standard InChI is InChI=1S/C20H12F3N5O3S/c21-20(22,23)12-9-11(26-18(30)15-3-1-8-31-15)4-5-13(12)27-17(29)14-10-32-19(28-14)16-24-6-2-7-25-16/h1-10H,(H,26,30)(H,27,29). The van der Waals surface area contributed by atoms with Gasteiger partial charge in [0, 0.05) is 23.5 Å². The van der Waals surface area contributed by atoms with E-state index >= 15 is 0 Å². The first kappa shape index (κ1) is 21.2. The Balaban J connectivity index is 1.56. The third-order valence-electron chi connectivity index (χ3n) is 4.07. The average Bonchev–Trinajstić information content (AvgIpc) is 3.47. The number of nitrogens with zero attached hydrogens (tertiary/aromatic N) is 3. The lowest BCUT2D eigenvalue weighted by molar-refractivity contribution is -0.136. The van der Waals surface area contributed by atoms with Gasteiger partial charge in [-0.2, -0.15) is 13.2 Å². The summed E-state index contributed by atoms with van der Waals surface area (Å²) in [4.78, 5) is 36.7. The molecule has 1 aromatic carbocycles. The molecule has 0 unspecified atom stereocenters. The SMILES string of the molecule is O=C(Nc1ccc(NC(=O)c2ccco2)cc1C(F)(F)F)c1csc(-c2ncccn2)n1. The Kier molecular flexibility index (Phi) is 5.69. The van der Waals surface area contributed by atoms with Gasteiger partial charge in [0.15, 0.2) is 16.6 Å². The molecule has 12 heteroatoms. The second kappa shape index (κ2) is 8.59. The highest BCUT2D eigenvalue weighted by molar-refractivity contribution is 7.13. The van der Waals surface area contributed by atoms with Gasteiger partial charge in [0.2, 0.25) is 0 Å². The van der Waals surface area contributed by atoms with Gasteiger partial charge in [-0.3, -0.25) is 9.59 Å². The highest BCUT2D eigenvalue weighted by atomic mass is 32.1. The first-order valence-corrected chi connectivity index (χ1v) is 9.79. The van der Waals surface area contributed by atoms with Crippen molar-refractivity contribution in [2.45, 2.75) is 6.18 Å². The number of benzene rings is 1. The van der Waals surface area contributed by atoms with Crippen molar-refractivity contribution in [3.05, 3.63) is 77.5 Å². The molecule has 4 rings (SSSR count). The molecule has 0 saturated carbocycles. The number of hydrogen-bond donors (Lipinski definition) is 2. The third kappa shape index (κ3) is 4.64. The molecular weight excluding hydrogens is 447 g/mol. The molecular formula is C20H12F3N5O3S. The number of halogens is 3. The molecule has 0 radical (unpaired) electrons. The average molecular weight is 459 g/mol. The summed E-state index contributed by atoms with van der Waals surface area (Å²) < 4.78 is 45.7. The maximum absolute atomic E-state index is 13.6. The molecule has 0 bridgehead atoms. The van der Waals surface area contributed by atoms with Crippen molar-refractivity contribution in [3.63, 3.8) is 0 Å². The summed E-state index contributed by atoms with van der Waals surface area (Å²) in [5, 5.41) is 6.28. The van der Waals surface area contributed by atoms with Crippen LogP contribution in [0.2, 0.25) is 0 Å². The van der Waals surface area contributed by atoms with Gasteiger partial charge in [-0.1, -0.05) is 0 Å². The van der Waals surface area contributed by atoms with Gasteiger partial charge in [-0.05, 0) is 36.4 Å². The van der Waals surface area contributed by atoms with Crippen molar-refractivity contribution in [3.8, 4) is 10.8 Å². The Morgan fingerprint density at radius 3 is 2.47 bits per heavy atom. The molecule has 2 amide bonds. The molecule has 0 spiro atoms. The number of anilines is 2. The van der Waals surface area contributed by atoms with Crippen LogP contribution in [0.4, 0.5) is 24.5 Å². The number of thiazole rings is 1. The van der Waals surface area contributed by atoms with Crippen molar-refractivity contribution in [2.75, 3.05) is 10.6 Å². The van der Waals surface area contributed by atoms with Crippen LogP contribution in [0.5, 0.6) is 0 Å². The Morgan fingerprint density at radius 2 is 1.78 bits per heavy atom. The van der Waals surface area contributed by atoms with Crippen molar-refractivity contribution >= 4 is 34.5 Å². The Morgan fingerprint density at radius 1 is 1.00 bits per heavy atom. The van der Waals surface area contributed by atoms with Gasteiger partial charge in [0.05, 0.1) is 17.5 Å². The molecule has 0 aliphatic heterocycles. The third-order valence-corrected chi connectivity index (χ3v) is 4.91. The van der Waals surface area contributed by atoms with Crippen molar-refractivity contribution < 1.29 is 27.2 Å². The van der Waals surface area contributed by atoms with Crippen LogP contribution < -0.4 is 10.6 Å². The monoisotopic (exact) mass is 459 g/mol. The molecule has 0 atom stereocenters. The lowest BCUT2D eigenvalue weighted by atomic mass is 10.1. The minimum Gasteiger partial charge on any atom is -0.459 e. The number of amides is 2. The smallest absolute Gasteiger partial charge is 0.418 e. The summed E-state index contributed by atoms with van der Waals surface area (Å²) in [5.74, 6) is -1.30. The normalized spacial score (nSPS) is 11.2. The zero-order valence-corrected chi connectivity index (χ0v) is 16.7. The molecule has 32 heavy (non-hydrogen) atoms. The van der Waals surface area contributed by atoms with E-state index in [-0.39, 0.29) is 17.1 Å². The number of nitrogens with one attached hydrogen (secondary N) is 2. The lowest BCUT2D eigenvalue weighted by Crippen LogP contribution is -2.18. The molecule has 0 aliphatic rings. The predicted octanol–water partition coefficient (Wildman–Crippen LogP) is 4.72. The fraction of sp³-hybridized carbons (Fsp3) is 0.0500. The van der Waals surface area contributed by atoms with E-state index in [0.29, 0.717) is 10.8 Å². The van der Waals surface area contributed by atoms with E-state index in [0.717, 1.165) is 23.5 Å². The van der Waals surface area contributed by atoms with E-state index in [2.05, 4.69) is 25.6 Å². The quantitative estimate of drug-likeness (QED) is 0.447. The molecule has 0 saturated heterocycles. The highest BCUT2D eigenvalue weighted by Crippen LogP contribution is 2.37. The van der Waals surface area contributed by atoms with E-state index in [1.165, 1.54) is 42.2 Å². The van der Waals surface area contributed by atoms with Gasteiger partial charge in [0.1, 0.15) is 5.69 Å². The summed E-state index contributed by atoms with van der Waals surface area (Å²) in [5.41, 5.74) is -1.82. The number of hydrogen-bond acceptors (Lipinski definition) is 7. The van der Waals surface area contributed by atoms with Crippen LogP contribution in [0, 0.1) is 0 Å². The van der Waals surface area contributed by atoms with Gasteiger partial charge in [-0.25, -0.2) is 15.0 Å². The van der Waals surface area contributed by atoms with Crippen LogP contribution >= 0.6 is 11.3 Å². The van der Waals surface area contributed by atoms with Crippen LogP contribution in [0.15, 0.2) is 64.9 Å². The zero-order valence-electron chi connectivity index (χ0n) is 15.9. The van der Waals surface area contributed by atoms with Gasteiger partial charge >= 0.3 is 6.18 Å². The summed E-state index contributed by atoms with van der Waals surface area (Å²) in [6.07, 6.45) is -0.516. The summed E-state index contributed by atoms with van der Waals surface area (Å²) in [6, 6.07) is 7.46. The number of rotatable bonds is 5. The fourth-order valence-corrected chi connectivity index (χ4v) is 3.39.